The highest BCUT2D eigenvalue weighted by Gasteiger charge is 2.44. The van der Waals surface area contributed by atoms with Crippen molar-refractivity contribution in [1.29, 1.82) is 0 Å². The molecular weight excluding hydrogens is 957 g/mol. The Kier molecular flexibility index (Phi) is 31.0. The molecule has 0 amide bonds. The van der Waals surface area contributed by atoms with Gasteiger partial charge in [-0.25, -0.2) is 9.59 Å². The lowest BCUT2D eigenvalue weighted by Gasteiger charge is -2.40. The number of epoxide rings is 2. The molecular formula is C57H98O17. The van der Waals surface area contributed by atoms with Crippen molar-refractivity contribution in [1.82, 2.24) is 0 Å². The second-order valence-corrected chi connectivity index (χ2v) is 22.7. The number of esters is 7. The van der Waals surface area contributed by atoms with Crippen LogP contribution in [0, 0.1) is 38.4 Å². The summed E-state index contributed by atoms with van der Waals surface area (Å²) < 4.78 is 50.8. The standard InChI is InChI=1S/C13H22O3.C12H20O4.C12H22O3.C11H18O4.C9H16O3/c1-4-13(2,3)12(14)15-8-9-5-6-10-11(7-9)16-10;1-6-12(4,5)11(14)16-8-7-15-10(13)9(2)3;1-5-11(3,4)10(13)15-9-12(6-2)7-14-8-12;1-5-9(12)14-7-8-15-10(13)11(3,4)6-2;1-4-9(2,3)8(10)12-6-7-5-11-7/h9-11H,4-8H2,1-3H3;2,6-8H2,1,3-5H3;5-9H2,1-4H3;5H,1,6-8H2,2-4H3;7H,4-6H2,1-3H3. The van der Waals surface area contributed by atoms with Gasteiger partial charge in [0.1, 0.15) is 45.7 Å². The van der Waals surface area contributed by atoms with E-state index in [0.717, 1.165) is 70.8 Å². The van der Waals surface area contributed by atoms with Crippen LogP contribution in [0.2, 0.25) is 0 Å². The first-order chi connectivity index (χ1) is 34.3. The molecule has 3 heterocycles. The highest BCUT2D eigenvalue weighted by molar-refractivity contribution is 5.87. The summed E-state index contributed by atoms with van der Waals surface area (Å²) in [5, 5.41) is 0. The first-order valence-corrected chi connectivity index (χ1v) is 26.6. The third-order valence-electron chi connectivity index (χ3n) is 14.2. The minimum atomic E-state index is -0.513. The predicted molar refractivity (Wildman–Crippen MR) is 281 cm³/mol. The Hall–Kier alpha value is -4.35. The van der Waals surface area contributed by atoms with Gasteiger partial charge in [0, 0.05) is 11.6 Å². The average Bonchev–Trinajstić information content (AvgIpc) is 4.32. The number of hydrogen-bond donors (Lipinski definition) is 0. The van der Waals surface area contributed by atoms with Crippen LogP contribution in [0.1, 0.15) is 175 Å². The largest absolute Gasteiger partial charge is 0.465 e. The van der Waals surface area contributed by atoms with Crippen LogP contribution < -0.4 is 0 Å². The Labute approximate surface area is 444 Å². The molecule has 0 aromatic rings. The van der Waals surface area contributed by atoms with Crippen molar-refractivity contribution in [2.24, 2.45) is 38.4 Å². The molecule has 0 aromatic carbocycles. The van der Waals surface area contributed by atoms with Crippen LogP contribution in [0.25, 0.3) is 0 Å². The number of hydrogen-bond acceptors (Lipinski definition) is 17. The van der Waals surface area contributed by atoms with Gasteiger partial charge in [-0.15, -0.1) is 0 Å². The van der Waals surface area contributed by atoms with Gasteiger partial charge in [-0.1, -0.05) is 54.7 Å². The minimum Gasteiger partial charge on any atom is -0.465 e. The van der Waals surface area contributed by atoms with Crippen molar-refractivity contribution in [2.75, 3.05) is 66.1 Å². The maximum absolute atomic E-state index is 11.8. The van der Waals surface area contributed by atoms with Gasteiger partial charge in [-0.2, -0.15) is 0 Å². The summed E-state index contributed by atoms with van der Waals surface area (Å²) in [5.74, 6) is -1.30. The quantitative estimate of drug-likeness (QED) is 0.0273. The zero-order valence-corrected chi connectivity index (χ0v) is 48.7. The number of carbonyl (C=O) groups excluding carboxylic acids is 7. The molecule has 4 aliphatic rings. The molecule has 3 saturated heterocycles. The lowest BCUT2D eigenvalue weighted by atomic mass is 9.84. The number of fused-ring (bicyclic) bond motifs is 1. The van der Waals surface area contributed by atoms with Crippen LogP contribution in [0.15, 0.2) is 24.8 Å². The van der Waals surface area contributed by atoms with E-state index in [1.165, 1.54) is 0 Å². The summed E-state index contributed by atoms with van der Waals surface area (Å²) in [4.78, 5) is 79.4. The molecule has 0 aromatic heterocycles. The van der Waals surface area contributed by atoms with Gasteiger partial charge in [-0.3, -0.25) is 24.0 Å². The van der Waals surface area contributed by atoms with Gasteiger partial charge in [0.15, 0.2) is 0 Å². The molecule has 0 radical (unpaired) electrons. The van der Waals surface area contributed by atoms with Gasteiger partial charge in [0.25, 0.3) is 0 Å². The molecule has 17 heteroatoms. The molecule has 4 atom stereocenters. The summed E-state index contributed by atoms with van der Waals surface area (Å²) in [6.45, 7) is 42.9. The lowest BCUT2D eigenvalue weighted by Crippen LogP contribution is -2.47. The highest BCUT2D eigenvalue weighted by atomic mass is 16.6. The van der Waals surface area contributed by atoms with E-state index in [1.54, 1.807) is 6.92 Å². The maximum Gasteiger partial charge on any atom is 0.333 e. The van der Waals surface area contributed by atoms with Crippen LogP contribution in [-0.4, -0.2) is 126 Å². The Morgan fingerprint density at radius 3 is 1.30 bits per heavy atom. The average molecular weight is 1060 g/mol. The zero-order chi connectivity index (χ0) is 57.1. The fourth-order valence-corrected chi connectivity index (χ4v) is 5.59. The van der Waals surface area contributed by atoms with Crippen LogP contribution in [0.5, 0.6) is 0 Å². The predicted octanol–water partition coefficient (Wildman–Crippen LogP) is 10.1. The van der Waals surface area contributed by atoms with Crippen LogP contribution in [-0.2, 0) is 80.9 Å². The maximum atomic E-state index is 11.8. The van der Waals surface area contributed by atoms with E-state index in [1.807, 2.05) is 104 Å². The van der Waals surface area contributed by atoms with E-state index >= 15 is 0 Å². The summed E-state index contributed by atoms with van der Waals surface area (Å²) in [7, 11) is 0. The highest BCUT2D eigenvalue weighted by Crippen LogP contribution is 2.40. The van der Waals surface area contributed by atoms with E-state index in [0.29, 0.717) is 56.4 Å². The van der Waals surface area contributed by atoms with E-state index in [2.05, 4.69) is 24.8 Å². The Bertz CT molecular complexity index is 1780. The molecule has 428 valence electrons. The molecule has 0 spiro atoms. The van der Waals surface area contributed by atoms with Crippen molar-refractivity contribution in [2.45, 2.75) is 194 Å². The molecule has 4 unspecified atom stereocenters. The van der Waals surface area contributed by atoms with Crippen LogP contribution in [0.3, 0.4) is 0 Å². The monoisotopic (exact) mass is 1050 g/mol. The molecule has 4 fully saturated rings. The fourth-order valence-electron chi connectivity index (χ4n) is 5.59. The second kappa shape index (κ2) is 32.9. The first-order valence-electron chi connectivity index (χ1n) is 26.6. The first kappa shape index (κ1) is 69.7. The van der Waals surface area contributed by atoms with Gasteiger partial charge in [0.2, 0.25) is 0 Å². The van der Waals surface area contributed by atoms with E-state index in [9.17, 15) is 33.6 Å². The smallest absolute Gasteiger partial charge is 0.333 e. The van der Waals surface area contributed by atoms with Crippen LogP contribution in [0.4, 0.5) is 0 Å². The molecule has 3 aliphatic heterocycles. The lowest BCUT2D eigenvalue weighted by molar-refractivity contribution is -0.178. The van der Waals surface area contributed by atoms with E-state index in [-0.39, 0.29) is 84.0 Å². The molecule has 0 N–H and O–H groups in total. The summed E-state index contributed by atoms with van der Waals surface area (Å²) >= 11 is 0. The van der Waals surface area contributed by atoms with Crippen LogP contribution >= 0.6 is 0 Å². The SMILES string of the molecule is C=C(C)C(=O)OCCOC(=O)C(C)(C)CC.C=CC(=O)OCCOC(=O)C(C)(C)CC.CCC(C)(C)C(=O)OCC1CCC2OC2C1.CCC(C)(C)C(=O)OCC1CO1.CCC1(COC(=O)C(C)(C)CC)COC1. The third-order valence-corrected chi connectivity index (χ3v) is 14.2. The molecule has 0 bridgehead atoms. The zero-order valence-electron chi connectivity index (χ0n) is 48.7. The van der Waals surface area contributed by atoms with Gasteiger partial charge < -0.3 is 47.4 Å². The molecule has 4 rings (SSSR count). The van der Waals surface area contributed by atoms with Crippen molar-refractivity contribution in [3.05, 3.63) is 24.8 Å². The van der Waals surface area contributed by atoms with Crippen molar-refractivity contribution < 1.29 is 80.9 Å². The number of carbonyl (C=O) groups is 7. The number of ether oxygens (including phenoxy) is 10. The minimum absolute atomic E-state index is 0.0613. The Morgan fingerprint density at radius 2 is 0.946 bits per heavy atom. The van der Waals surface area contributed by atoms with E-state index < -0.39 is 22.8 Å². The third kappa shape index (κ3) is 26.9. The van der Waals surface area contributed by atoms with Crippen molar-refractivity contribution in [3.63, 3.8) is 0 Å². The van der Waals surface area contributed by atoms with E-state index in [4.69, 9.17) is 42.6 Å². The Balaban J connectivity index is 0.000000903. The van der Waals surface area contributed by atoms with Crippen molar-refractivity contribution >= 4 is 41.8 Å². The number of rotatable bonds is 25. The fraction of sp³-hybridized carbons (Fsp3) is 0.807. The molecule has 1 aliphatic carbocycles. The molecule has 1 saturated carbocycles. The molecule has 17 nitrogen and oxygen atoms in total. The summed E-state index contributed by atoms with van der Waals surface area (Å²) in [6.07, 6.45) is 10.4. The van der Waals surface area contributed by atoms with Gasteiger partial charge >= 0.3 is 41.8 Å². The van der Waals surface area contributed by atoms with Crippen molar-refractivity contribution in [3.8, 4) is 0 Å². The Morgan fingerprint density at radius 1 is 0.554 bits per heavy atom. The normalized spacial score (nSPS) is 19.1. The summed E-state index contributed by atoms with van der Waals surface area (Å²) in [5.41, 5.74) is -1.60. The van der Waals surface area contributed by atoms with Gasteiger partial charge in [-0.05, 0) is 140 Å². The second-order valence-electron chi connectivity index (χ2n) is 22.7. The van der Waals surface area contributed by atoms with Gasteiger partial charge in [0.05, 0.1) is 71.1 Å². The topological polar surface area (TPSA) is 218 Å². The molecule has 74 heavy (non-hydrogen) atoms. The summed E-state index contributed by atoms with van der Waals surface area (Å²) in [6, 6.07) is 0.